The summed E-state index contributed by atoms with van der Waals surface area (Å²) >= 11 is 0. The van der Waals surface area contributed by atoms with Crippen LogP contribution in [0, 0.1) is 11.3 Å². The molecule has 3 saturated heterocycles. The third-order valence-electron chi connectivity index (χ3n) is 7.51. The van der Waals surface area contributed by atoms with Gasteiger partial charge in [-0.15, -0.1) is 0 Å². The average molecular weight is 350 g/mol. The fourth-order valence-electron chi connectivity index (χ4n) is 6.04. The predicted octanol–water partition coefficient (Wildman–Crippen LogP) is 2.80. The van der Waals surface area contributed by atoms with Gasteiger partial charge in [0.25, 0.3) is 0 Å². The van der Waals surface area contributed by atoms with Crippen molar-refractivity contribution in [3.8, 4) is 0 Å². The van der Waals surface area contributed by atoms with Gasteiger partial charge in [-0.05, 0) is 89.9 Å². The Bertz CT molecular complexity index is 483. The van der Waals surface area contributed by atoms with E-state index in [9.17, 15) is 4.79 Å². The van der Waals surface area contributed by atoms with E-state index in [0.29, 0.717) is 12.0 Å². The zero-order valence-electron chi connectivity index (χ0n) is 16.1. The Morgan fingerprint density at radius 1 is 1.12 bits per heavy atom. The second-order valence-corrected chi connectivity index (χ2v) is 9.00. The van der Waals surface area contributed by atoms with E-state index in [0.717, 1.165) is 31.1 Å². The van der Waals surface area contributed by atoms with Gasteiger partial charge in [0.05, 0.1) is 6.61 Å². The maximum Gasteiger partial charge on any atom is 0.409 e. The van der Waals surface area contributed by atoms with Crippen molar-refractivity contribution in [2.24, 2.45) is 11.3 Å². The van der Waals surface area contributed by atoms with Crippen molar-refractivity contribution in [1.82, 2.24) is 14.7 Å². The molecule has 0 aromatic carbocycles. The molecule has 3 aliphatic heterocycles. The number of rotatable bonds is 3. The van der Waals surface area contributed by atoms with Crippen LogP contribution in [0.3, 0.4) is 0 Å². The summed E-state index contributed by atoms with van der Waals surface area (Å²) in [7, 11) is 2.31. The number of hydrogen-bond acceptors (Lipinski definition) is 4. The summed E-state index contributed by atoms with van der Waals surface area (Å²) in [6.45, 7) is 8.06. The first-order valence-electron chi connectivity index (χ1n) is 10.5. The first-order chi connectivity index (χ1) is 12.1. The molecule has 1 aliphatic carbocycles. The van der Waals surface area contributed by atoms with Gasteiger partial charge in [-0.3, -0.25) is 0 Å². The highest BCUT2D eigenvalue weighted by Crippen LogP contribution is 2.50. The Morgan fingerprint density at radius 3 is 2.52 bits per heavy atom. The third-order valence-corrected chi connectivity index (χ3v) is 7.51. The summed E-state index contributed by atoms with van der Waals surface area (Å²) in [5.41, 5.74) is 0.403. The molecule has 1 amide bonds. The summed E-state index contributed by atoms with van der Waals surface area (Å²) < 4.78 is 5.17. The third kappa shape index (κ3) is 3.42. The molecule has 0 radical (unpaired) electrons. The topological polar surface area (TPSA) is 36.0 Å². The Morgan fingerprint density at radius 2 is 1.88 bits per heavy atom. The van der Waals surface area contributed by atoms with E-state index in [1.54, 1.807) is 0 Å². The lowest BCUT2D eigenvalue weighted by Crippen LogP contribution is -2.55. The molecule has 1 spiro atoms. The van der Waals surface area contributed by atoms with Crippen LogP contribution in [0.25, 0.3) is 0 Å². The van der Waals surface area contributed by atoms with Crippen molar-refractivity contribution < 1.29 is 9.53 Å². The molecule has 4 fully saturated rings. The Hall–Kier alpha value is -0.810. The summed E-state index contributed by atoms with van der Waals surface area (Å²) in [6.07, 6.45) is 9.21. The minimum Gasteiger partial charge on any atom is -0.450 e. The number of carbonyl (C=O) groups is 1. The molecule has 25 heavy (non-hydrogen) atoms. The van der Waals surface area contributed by atoms with Crippen LogP contribution in [-0.4, -0.2) is 79.3 Å². The zero-order valence-corrected chi connectivity index (χ0v) is 16.1. The minimum absolute atomic E-state index is 0.107. The maximum atomic E-state index is 11.9. The second-order valence-electron chi connectivity index (χ2n) is 9.00. The number of piperidine rings is 1. The summed E-state index contributed by atoms with van der Waals surface area (Å²) in [4.78, 5) is 19.2. The highest BCUT2D eigenvalue weighted by molar-refractivity contribution is 5.68. The highest BCUT2D eigenvalue weighted by Gasteiger charge is 2.51. The Labute approximate surface area is 152 Å². The average Bonchev–Trinajstić information content (AvgIpc) is 3.21. The molecule has 3 heterocycles. The number of hydrogen-bond donors (Lipinski definition) is 0. The number of amides is 1. The van der Waals surface area contributed by atoms with Crippen molar-refractivity contribution in [3.63, 3.8) is 0 Å². The van der Waals surface area contributed by atoms with Crippen LogP contribution in [0.2, 0.25) is 0 Å². The molecule has 142 valence electrons. The van der Waals surface area contributed by atoms with Crippen LogP contribution < -0.4 is 0 Å². The monoisotopic (exact) mass is 349 g/mol. The second kappa shape index (κ2) is 7.07. The normalized spacial score (nSPS) is 37.6. The van der Waals surface area contributed by atoms with Crippen LogP contribution in [0.1, 0.15) is 51.9 Å². The van der Waals surface area contributed by atoms with E-state index in [2.05, 4.69) is 16.8 Å². The zero-order chi connectivity index (χ0) is 17.4. The maximum absolute atomic E-state index is 11.9. The van der Waals surface area contributed by atoms with Crippen molar-refractivity contribution in [2.45, 2.75) is 64.0 Å². The molecule has 1 atom stereocenters. The van der Waals surface area contributed by atoms with Gasteiger partial charge in [0, 0.05) is 25.2 Å². The number of carbonyl (C=O) groups excluding carboxylic acids is 1. The molecule has 0 aromatic heterocycles. The van der Waals surface area contributed by atoms with Gasteiger partial charge in [0.1, 0.15) is 0 Å². The summed E-state index contributed by atoms with van der Waals surface area (Å²) in [5, 5.41) is 0. The molecule has 5 nitrogen and oxygen atoms in total. The van der Waals surface area contributed by atoms with Gasteiger partial charge < -0.3 is 19.4 Å². The SMILES string of the molecule is CCOC(=O)N1CCC2(CC(N3CCC(C4CCCN4C)CC3)C2)C1. The van der Waals surface area contributed by atoms with Crippen molar-refractivity contribution in [3.05, 3.63) is 0 Å². The Balaban J connectivity index is 1.22. The lowest BCUT2D eigenvalue weighted by atomic mass is 9.64. The van der Waals surface area contributed by atoms with Gasteiger partial charge in [-0.25, -0.2) is 4.79 Å². The molecule has 1 unspecified atom stereocenters. The molecular formula is C20H35N3O2. The van der Waals surface area contributed by atoms with E-state index in [-0.39, 0.29) is 6.09 Å². The smallest absolute Gasteiger partial charge is 0.409 e. The van der Waals surface area contributed by atoms with Crippen LogP contribution in [0.4, 0.5) is 4.79 Å². The van der Waals surface area contributed by atoms with Crippen LogP contribution >= 0.6 is 0 Å². The van der Waals surface area contributed by atoms with E-state index in [1.807, 2.05) is 11.8 Å². The van der Waals surface area contributed by atoms with E-state index in [4.69, 9.17) is 4.74 Å². The molecule has 4 rings (SSSR count). The van der Waals surface area contributed by atoms with E-state index in [1.165, 1.54) is 64.6 Å². The largest absolute Gasteiger partial charge is 0.450 e. The van der Waals surface area contributed by atoms with E-state index < -0.39 is 0 Å². The summed E-state index contributed by atoms with van der Waals surface area (Å²) in [6, 6.07) is 1.62. The molecule has 0 N–H and O–H groups in total. The molecule has 4 aliphatic rings. The standard InChI is InChI=1S/C20H35N3O2/c1-3-25-19(24)23-12-8-20(15-23)13-17(14-20)22-10-6-16(7-11-22)18-5-4-9-21(18)2/h16-18H,3-15H2,1-2H3. The predicted molar refractivity (Wildman–Crippen MR) is 98.6 cm³/mol. The van der Waals surface area contributed by atoms with Gasteiger partial charge in [-0.1, -0.05) is 0 Å². The van der Waals surface area contributed by atoms with Gasteiger partial charge in [-0.2, -0.15) is 0 Å². The van der Waals surface area contributed by atoms with Crippen LogP contribution in [-0.2, 0) is 4.74 Å². The highest BCUT2D eigenvalue weighted by atomic mass is 16.6. The number of nitrogens with zero attached hydrogens (tertiary/aromatic N) is 3. The molecule has 0 aromatic rings. The van der Waals surface area contributed by atoms with Crippen LogP contribution in [0.15, 0.2) is 0 Å². The fraction of sp³-hybridized carbons (Fsp3) is 0.950. The van der Waals surface area contributed by atoms with Crippen molar-refractivity contribution in [2.75, 3.05) is 46.4 Å². The lowest BCUT2D eigenvalue weighted by Gasteiger charge is -2.52. The molecular weight excluding hydrogens is 314 g/mol. The lowest BCUT2D eigenvalue weighted by molar-refractivity contribution is -0.0149. The Kier molecular flexibility index (Phi) is 4.98. The quantitative estimate of drug-likeness (QED) is 0.785. The first-order valence-corrected chi connectivity index (χ1v) is 10.5. The van der Waals surface area contributed by atoms with Crippen LogP contribution in [0.5, 0.6) is 0 Å². The van der Waals surface area contributed by atoms with Crippen molar-refractivity contribution in [1.29, 1.82) is 0 Å². The number of likely N-dealkylation sites (tertiary alicyclic amines) is 3. The van der Waals surface area contributed by atoms with E-state index >= 15 is 0 Å². The number of ether oxygens (including phenoxy) is 1. The van der Waals surface area contributed by atoms with Gasteiger partial charge >= 0.3 is 6.09 Å². The van der Waals surface area contributed by atoms with Gasteiger partial charge in [0.15, 0.2) is 0 Å². The first kappa shape index (κ1) is 17.6. The minimum atomic E-state index is -0.107. The fourth-order valence-corrected chi connectivity index (χ4v) is 6.04. The molecule has 0 bridgehead atoms. The molecule has 5 heteroatoms. The van der Waals surface area contributed by atoms with Crippen molar-refractivity contribution >= 4 is 6.09 Å². The summed E-state index contributed by atoms with van der Waals surface area (Å²) in [5.74, 6) is 0.920. The van der Waals surface area contributed by atoms with Gasteiger partial charge in [0.2, 0.25) is 0 Å². The molecule has 1 saturated carbocycles.